The molecule has 0 spiro atoms. The van der Waals surface area contributed by atoms with Gasteiger partial charge in [0.15, 0.2) is 0 Å². The highest BCUT2D eigenvalue weighted by molar-refractivity contribution is 9.09. The molecule has 1 fully saturated rings. The Balaban J connectivity index is 2.19. The molecule has 1 heterocycles. The molecule has 0 bridgehead atoms. The standard InChI is InChI=1S/C9H13BrO/c1-2-3-8-4-5-9(11-8)6-7-10/h1,8-9H,3-7H2. The van der Waals surface area contributed by atoms with E-state index >= 15 is 0 Å². The zero-order valence-corrected chi connectivity index (χ0v) is 8.14. The van der Waals surface area contributed by atoms with Gasteiger partial charge in [-0.2, -0.15) is 0 Å². The van der Waals surface area contributed by atoms with E-state index in [0.717, 1.165) is 24.6 Å². The highest BCUT2D eigenvalue weighted by Crippen LogP contribution is 2.24. The van der Waals surface area contributed by atoms with Gasteiger partial charge >= 0.3 is 0 Å². The van der Waals surface area contributed by atoms with Crippen LogP contribution in [0.5, 0.6) is 0 Å². The van der Waals surface area contributed by atoms with Crippen LogP contribution in [0.1, 0.15) is 25.7 Å². The predicted octanol–water partition coefficient (Wildman–Crippen LogP) is 2.34. The van der Waals surface area contributed by atoms with E-state index in [-0.39, 0.29) is 0 Å². The average molecular weight is 217 g/mol. The first kappa shape index (κ1) is 9.09. The molecule has 0 aromatic rings. The Labute approximate surface area is 76.6 Å². The molecule has 0 aromatic heterocycles. The van der Waals surface area contributed by atoms with Crippen molar-refractivity contribution in [1.29, 1.82) is 0 Å². The zero-order valence-electron chi connectivity index (χ0n) is 6.55. The number of hydrogen-bond acceptors (Lipinski definition) is 1. The summed E-state index contributed by atoms with van der Waals surface area (Å²) in [5.74, 6) is 2.64. The highest BCUT2D eigenvalue weighted by Gasteiger charge is 2.23. The second-order valence-corrected chi connectivity index (χ2v) is 3.64. The maximum Gasteiger partial charge on any atom is 0.0688 e. The Kier molecular flexibility index (Phi) is 3.96. The summed E-state index contributed by atoms with van der Waals surface area (Å²) < 4.78 is 5.67. The van der Waals surface area contributed by atoms with Crippen LogP contribution in [0.2, 0.25) is 0 Å². The first-order valence-corrected chi connectivity index (χ1v) is 5.14. The van der Waals surface area contributed by atoms with Crippen LogP contribution in [0.3, 0.4) is 0 Å². The molecule has 0 aliphatic carbocycles. The summed E-state index contributed by atoms with van der Waals surface area (Å²) in [6, 6.07) is 0. The predicted molar refractivity (Wildman–Crippen MR) is 49.8 cm³/mol. The van der Waals surface area contributed by atoms with E-state index in [1.807, 2.05) is 0 Å². The number of rotatable bonds is 3. The summed E-state index contributed by atoms with van der Waals surface area (Å²) in [6.45, 7) is 0. The van der Waals surface area contributed by atoms with Crippen molar-refractivity contribution in [3.8, 4) is 12.3 Å². The van der Waals surface area contributed by atoms with Gasteiger partial charge < -0.3 is 4.74 Å². The van der Waals surface area contributed by atoms with Crippen molar-refractivity contribution in [2.75, 3.05) is 5.33 Å². The Morgan fingerprint density at radius 2 is 2.18 bits per heavy atom. The molecule has 1 rings (SSSR count). The van der Waals surface area contributed by atoms with Crippen LogP contribution in [0, 0.1) is 12.3 Å². The van der Waals surface area contributed by atoms with E-state index in [4.69, 9.17) is 11.2 Å². The van der Waals surface area contributed by atoms with Gasteiger partial charge in [0.2, 0.25) is 0 Å². The van der Waals surface area contributed by atoms with E-state index in [0.29, 0.717) is 12.2 Å². The van der Waals surface area contributed by atoms with Gasteiger partial charge in [-0.15, -0.1) is 12.3 Å². The fourth-order valence-corrected chi connectivity index (χ4v) is 1.91. The first-order valence-electron chi connectivity index (χ1n) is 4.01. The Morgan fingerprint density at radius 3 is 2.82 bits per heavy atom. The SMILES string of the molecule is C#CCC1CCC(CCBr)O1. The highest BCUT2D eigenvalue weighted by atomic mass is 79.9. The molecule has 11 heavy (non-hydrogen) atoms. The molecule has 1 saturated heterocycles. The van der Waals surface area contributed by atoms with E-state index in [1.165, 1.54) is 6.42 Å². The molecule has 1 aliphatic rings. The summed E-state index contributed by atoms with van der Waals surface area (Å²) in [6.07, 6.45) is 10.2. The smallest absolute Gasteiger partial charge is 0.0688 e. The minimum Gasteiger partial charge on any atom is -0.374 e. The molecule has 0 amide bonds. The number of ether oxygens (including phenoxy) is 1. The second-order valence-electron chi connectivity index (χ2n) is 2.84. The monoisotopic (exact) mass is 216 g/mol. The molecule has 1 aliphatic heterocycles. The minimum absolute atomic E-state index is 0.337. The Bertz CT molecular complexity index is 150. The van der Waals surface area contributed by atoms with Crippen molar-refractivity contribution in [3.63, 3.8) is 0 Å². The average Bonchev–Trinajstić information content (AvgIpc) is 2.38. The topological polar surface area (TPSA) is 9.23 Å². The van der Waals surface area contributed by atoms with Crippen molar-refractivity contribution in [3.05, 3.63) is 0 Å². The summed E-state index contributed by atoms with van der Waals surface area (Å²) in [4.78, 5) is 0. The van der Waals surface area contributed by atoms with Crippen LogP contribution >= 0.6 is 15.9 Å². The molecule has 2 atom stereocenters. The number of halogens is 1. The van der Waals surface area contributed by atoms with Crippen molar-refractivity contribution < 1.29 is 4.74 Å². The molecule has 0 radical (unpaired) electrons. The van der Waals surface area contributed by atoms with E-state index < -0.39 is 0 Å². The van der Waals surface area contributed by atoms with Gasteiger partial charge in [0.05, 0.1) is 12.2 Å². The lowest BCUT2D eigenvalue weighted by Gasteiger charge is -2.09. The normalized spacial score (nSPS) is 30.2. The zero-order chi connectivity index (χ0) is 8.10. The van der Waals surface area contributed by atoms with Gasteiger partial charge in [-0.05, 0) is 19.3 Å². The van der Waals surface area contributed by atoms with Gasteiger partial charge in [-0.1, -0.05) is 15.9 Å². The molecular weight excluding hydrogens is 204 g/mol. The van der Waals surface area contributed by atoms with Crippen molar-refractivity contribution in [2.45, 2.75) is 37.9 Å². The van der Waals surface area contributed by atoms with E-state index in [2.05, 4.69) is 21.9 Å². The van der Waals surface area contributed by atoms with Crippen LogP contribution in [0.15, 0.2) is 0 Å². The number of hydrogen-bond donors (Lipinski definition) is 0. The minimum atomic E-state index is 0.337. The van der Waals surface area contributed by atoms with Crippen molar-refractivity contribution in [2.24, 2.45) is 0 Å². The van der Waals surface area contributed by atoms with Gasteiger partial charge in [0.25, 0.3) is 0 Å². The second kappa shape index (κ2) is 4.79. The number of alkyl halides is 1. The third kappa shape index (κ3) is 2.84. The largest absolute Gasteiger partial charge is 0.374 e. The molecule has 1 nitrogen and oxygen atoms in total. The van der Waals surface area contributed by atoms with Gasteiger partial charge in [-0.3, -0.25) is 0 Å². The third-order valence-electron chi connectivity index (χ3n) is 1.97. The molecule has 2 heteroatoms. The lowest BCUT2D eigenvalue weighted by molar-refractivity contribution is 0.0473. The Hall–Kier alpha value is -0.0000000000000000208. The maximum atomic E-state index is 5.67. The molecular formula is C9H13BrO. The molecule has 2 unspecified atom stereocenters. The lowest BCUT2D eigenvalue weighted by Crippen LogP contribution is -2.10. The van der Waals surface area contributed by atoms with Crippen molar-refractivity contribution in [1.82, 2.24) is 0 Å². The summed E-state index contributed by atoms with van der Waals surface area (Å²) in [5.41, 5.74) is 0. The summed E-state index contributed by atoms with van der Waals surface area (Å²) in [5, 5.41) is 1.03. The van der Waals surface area contributed by atoms with E-state index in [9.17, 15) is 0 Å². The quantitative estimate of drug-likeness (QED) is 0.520. The van der Waals surface area contributed by atoms with Crippen LogP contribution in [-0.4, -0.2) is 17.5 Å². The van der Waals surface area contributed by atoms with Crippen LogP contribution < -0.4 is 0 Å². The van der Waals surface area contributed by atoms with Crippen molar-refractivity contribution >= 4 is 15.9 Å². The number of terminal acetylenes is 1. The van der Waals surface area contributed by atoms with Crippen LogP contribution in [-0.2, 0) is 4.74 Å². The van der Waals surface area contributed by atoms with Crippen LogP contribution in [0.25, 0.3) is 0 Å². The third-order valence-corrected chi connectivity index (χ3v) is 2.43. The lowest BCUT2D eigenvalue weighted by atomic mass is 10.1. The van der Waals surface area contributed by atoms with E-state index in [1.54, 1.807) is 0 Å². The first-order chi connectivity index (χ1) is 5.36. The van der Waals surface area contributed by atoms with Gasteiger partial charge in [0.1, 0.15) is 0 Å². The summed E-state index contributed by atoms with van der Waals surface area (Å²) in [7, 11) is 0. The van der Waals surface area contributed by atoms with Gasteiger partial charge in [-0.25, -0.2) is 0 Å². The fourth-order valence-electron chi connectivity index (χ4n) is 1.40. The Morgan fingerprint density at radius 1 is 1.45 bits per heavy atom. The summed E-state index contributed by atoms with van der Waals surface area (Å²) >= 11 is 3.40. The molecule has 0 saturated carbocycles. The molecule has 62 valence electrons. The fraction of sp³-hybridized carbons (Fsp3) is 0.778. The maximum absolute atomic E-state index is 5.67. The molecule has 0 aromatic carbocycles. The van der Waals surface area contributed by atoms with Gasteiger partial charge in [0, 0.05) is 11.8 Å². The van der Waals surface area contributed by atoms with Crippen LogP contribution in [0.4, 0.5) is 0 Å². The molecule has 0 N–H and O–H groups in total.